The molecule has 0 aliphatic carbocycles. The quantitative estimate of drug-likeness (QED) is 0.792. The minimum Gasteiger partial charge on any atom is -0.487 e. The van der Waals surface area contributed by atoms with E-state index in [1.165, 1.54) is 18.2 Å². The van der Waals surface area contributed by atoms with E-state index < -0.39 is 15.7 Å². The van der Waals surface area contributed by atoms with Crippen LogP contribution in [0.1, 0.15) is 12.0 Å². The first kappa shape index (κ1) is 19.2. The second-order valence-corrected chi connectivity index (χ2v) is 8.16. The number of benzene rings is 2. The molecule has 2 rings (SSSR count). The summed E-state index contributed by atoms with van der Waals surface area (Å²) in [5, 5.41) is 2.85. The van der Waals surface area contributed by atoms with Crippen LogP contribution in [-0.4, -0.2) is 26.3 Å². The lowest BCUT2D eigenvalue weighted by Gasteiger charge is -2.10. The van der Waals surface area contributed by atoms with Crippen LogP contribution in [0.15, 0.2) is 42.5 Å². The molecule has 0 aliphatic rings. The highest BCUT2D eigenvalue weighted by Gasteiger charge is 2.10. The van der Waals surface area contributed by atoms with Crippen molar-refractivity contribution in [3.05, 3.63) is 58.9 Å². The Morgan fingerprint density at radius 1 is 1.24 bits per heavy atom. The minimum absolute atomic E-state index is 0.131. The van der Waals surface area contributed by atoms with Gasteiger partial charge in [0.25, 0.3) is 0 Å². The molecule has 0 unspecified atom stereocenters. The molecule has 0 fully saturated rings. The van der Waals surface area contributed by atoms with Gasteiger partial charge in [0.2, 0.25) is 5.91 Å². The molecule has 0 atom stereocenters. The average Bonchev–Trinajstić information content (AvgIpc) is 2.52. The molecule has 2 aromatic rings. The molecule has 2 aromatic carbocycles. The van der Waals surface area contributed by atoms with E-state index in [9.17, 15) is 17.6 Å². The zero-order valence-corrected chi connectivity index (χ0v) is 15.0. The number of anilines is 1. The van der Waals surface area contributed by atoms with Gasteiger partial charge in [0, 0.05) is 18.4 Å². The number of carbonyl (C=O) groups excluding carboxylic acids is 1. The zero-order valence-electron chi connectivity index (χ0n) is 13.5. The molecule has 0 aliphatic heterocycles. The molecule has 0 heterocycles. The van der Waals surface area contributed by atoms with Crippen molar-refractivity contribution in [1.29, 1.82) is 0 Å². The van der Waals surface area contributed by atoms with Crippen LogP contribution >= 0.6 is 11.6 Å². The van der Waals surface area contributed by atoms with Crippen molar-refractivity contribution in [3.63, 3.8) is 0 Å². The van der Waals surface area contributed by atoms with Gasteiger partial charge in [-0.05, 0) is 35.9 Å². The van der Waals surface area contributed by atoms with E-state index in [-0.39, 0.29) is 29.6 Å². The third kappa shape index (κ3) is 6.72. The molecule has 0 saturated carbocycles. The maximum atomic E-state index is 13.1. The second-order valence-electron chi connectivity index (χ2n) is 5.49. The molecule has 8 heteroatoms. The molecule has 25 heavy (non-hydrogen) atoms. The number of rotatable bonds is 7. The molecule has 0 bridgehead atoms. The van der Waals surface area contributed by atoms with Crippen LogP contribution < -0.4 is 10.1 Å². The van der Waals surface area contributed by atoms with E-state index in [4.69, 9.17) is 16.3 Å². The van der Waals surface area contributed by atoms with Crippen molar-refractivity contribution in [2.24, 2.45) is 0 Å². The average molecular weight is 386 g/mol. The van der Waals surface area contributed by atoms with Gasteiger partial charge in [-0.15, -0.1) is 0 Å². The molecule has 0 radical (unpaired) electrons. The SMILES string of the molecule is CS(=O)(=O)CCC(=O)Nc1ccc(OCc2cccc(F)c2)c(Cl)c1. The van der Waals surface area contributed by atoms with Gasteiger partial charge in [0.1, 0.15) is 28.0 Å². The fourth-order valence-corrected chi connectivity index (χ4v) is 2.78. The highest BCUT2D eigenvalue weighted by atomic mass is 35.5. The molecule has 0 aromatic heterocycles. The third-order valence-corrected chi connectivity index (χ3v) is 4.44. The molecular formula is C17H17ClFNO4S. The van der Waals surface area contributed by atoms with Crippen molar-refractivity contribution >= 4 is 33.0 Å². The summed E-state index contributed by atoms with van der Waals surface area (Å²) in [6, 6.07) is 10.7. The van der Waals surface area contributed by atoms with Crippen molar-refractivity contribution < 1.29 is 22.3 Å². The number of nitrogens with one attached hydrogen (secondary N) is 1. The van der Waals surface area contributed by atoms with Gasteiger partial charge in [-0.1, -0.05) is 23.7 Å². The first-order chi connectivity index (χ1) is 11.7. The number of hydrogen-bond acceptors (Lipinski definition) is 4. The summed E-state index contributed by atoms with van der Waals surface area (Å²) in [6.07, 6.45) is 0.941. The maximum absolute atomic E-state index is 13.1. The standard InChI is InChI=1S/C17H17ClFNO4S/c1-25(22,23)8-7-17(21)20-14-5-6-16(15(18)10-14)24-11-12-3-2-4-13(19)9-12/h2-6,9-10H,7-8,11H2,1H3,(H,20,21). The van der Waals surface area contributed by atoms with Crippen LogP contribution in [0.2, 0.25) is 5.02 Å². The van der Waals surface area contributed by atoms with E-state index >= 15 is 0 Å². The van der Waals surface area contributed by atoms with Gasteiger partial charge in [-0.25, -0.2) is 12.8 Å². The van der Waals surface area contributed by atoms with Crippen LogP contribution in [0.4, 0.5) is 10.1 Å². The van der Waals surface area contributed by atoms with Crippen molar-refractivity contribution in [2.75, 3.05) is 17.3 Å². The molecule has 1 N–H and O–H groups in total. The zero-order chi connectivity index (χ0) is 18.4. The molecule has 0 saturated heterocycles. The largest absolute Gasteiger partial charge is 0.487 e. The van der Waals surface area contributed by atoms with Crippen LogP contribution in [-0.2, 0) is 21.2 Å². The number of amides is 1. The van der Waals surface area contributed by atoms with E-state index in [2.05, 4.69) is 5.32 Å². The van der Waals surface area contributed by atoms with Gasteiger partial charge in [0.15, 0.2) is 0 Å². The molecule has 5 nitrogen and oxygen atoms in total. The smallest absolute Gasteiger partial charge is 0.225 e. The number of sulfone groups is 1. The maximum Gasteiger partial charge on any atom is 0.225 e. The fraction of sp³-hybridized carbons (Fsp3) is 0.235. The molecule has 134 valence electrons. The van der Waals surface area contributed by atoms with E-state index in [1.54, 1.807) is 24.3 Å². The van der Waals surface area contributed by atoms with Crippen molar-refractivity contribution in [2.45, 2.75) is 13.0 Å². The number of hydrogen-bond donors (Lipinski definition) is 1. The molecule has 0 spiro atoms. The van der Waals surface area contributed by atoms with E-state index in [0.717, 1.165) is 6.26 Å². The monoisotopic (exact) mass is 385 g/mol. The number of carbonyl (C=O) groups is 1. The molecular weight excluding hydrogens is 369 g/mol. The highest BCUT2D eigenvalue weighted by Crippen LogP contribution is 2.28. The first-order valence-electron chi connectivity index (χ1n) is 7.37. The number of halogens is 2. The Balaban J connectivity index is 1.94. The van der Waals surface area contributed by atoms with Gasteiger partial charge in [-0.2, -0.15) is 0 Å². The summed E-state index contributed by atoms with van der Waals surface area (Å²) >= 11 is 6.11. The Morgan fingerprint density at radius 2 is 2.00 bits per heavy atom. The Kier molecular flexibility index (Phi) is 6.39. The number of ether oxygens (including phenoxy) is 1. The summed E-state index contributed by atoms with van der Waals surface area (Å²) in [4.78, 5) is 11.7. The van der Waals surface area contributed by atoms with E-state index in [0.29, 0.717) is 17.0 Å². The summed E-state index contributed by atoms with van der Waals surface area (Å²) < 4.78 is 40.8. The Morgan fingerprint density at radius 3 is 2.64 bits per heavy atom. The normalized spacial score (nSPS) is 11.2. The first-order valence-corrected chi connectivity index (χ1v) is 9.81. The predicted molar refractivity (Wildman–Crippen MR) is 95.1 cm³/mol. The van der Waals surface area contributed by atoms with Gasteiger partial charge >= 0.3 is 0 Å². The lowest BCUT2D eigenvalue weighted by Crippen LogP contribution is -2.16. The summed E-state index contributed by atoms with van der Waals surface area (Å²) in [5.41, 5.74) is 1.09. The fourth-order valence-electron chi connectivity index (χ4n) is 1.99. The van der Waals surface area contributed by atoms with Crippen LogP contribution in [0.3, 0.4) is 0 Å². The van der Waals surface area contributed by atoms with Crippen LogP contribution in [0.5, 0.6) is 5.75 Å². The second kappa shape index (κ2) is 8.31. The van der Waals surface area contributed by atoms with Crippen molar-refractivity contribution in [1.82, 2.24) is 0 Å². The van der Waals surface area contributed by atoms with E-state index in [1.807, 2.05) is 0 Å². The summed E-state index contributed by atoms with van der Waals surface area (Å²) in [5.74, 6) is -0.601. The van der Waals surface area contributed by atoms with Gasteiger partial charge < -0.3 is 10.1 Å². The lowest BCUT2D eigenvalue weighted by molar-refractivity contribution is -0.115. The predicted octanol–water partition coefficient (Wildman–Crippen LogP) is 3.43. The third-order valence-electron chi connectivity index (χ3n) is 3.20. The Labute approximate surface area is 150 Å². The lowest BCUT2D eigenvalue weighted by atomic mass is 10.2. The van der Waals surface area contributed by atoms with Crippen LogP contribution in [0.25, 0.3) is 0 Å². The summed E-state index contributed by atoms with van der Waals surface area (Å²) in [7, 11) is -3.20. The minimum atomic E-state index is -3.20. The van der Waals surface area contributed by atoms with Gasteiger partial charge in [0.05, 0.1) is 10.8 Å². The summed E-state index contributed by atoms with van der Waals surface area (Å²) in [6.45, 7) is 0.150. The topological polar surface area (TPSA) is 72.5 Å². The van der Waals surface area contributed by atoms with Crippen molar-refractivity contribution in [3.8, 4) is 5.75 Å². The molecule has 1 amide bonds. The Hall–Kier alpha value is -2.12. The Bertz CT molecular complexity index is 871. The van der Waals surface area contributed by atoms with Crippen LogP contribution in [0, 0.1) is 5.82 Å². The van der Waals surface area contributed by atoms with Gasteiger partial charge in [-0.3, -0.25) is 4.79 Å². The highest BCUT2D eigenvalue weighted by molar-refractivity contribution is 7.90.